The van der Waals surface area contributed by atoms with Gasteiger partial charge in [-0.3, -0.25) is 0 Å². The minimum atomic E-state index is -0.504. The van der Waals surface area contributed by atoms with Gasteiger partial charge in [0.15, 0.2) is 0 Å². The van der Waals surface area contributed by atoms with E-state index < -0.39 is 11.6 Å². The zero-order valence-electron chi connectivity index (χ0n) is 14.9. The molecule has 2 atom stereocenters. The Balaban J connectivity index is 1.33. The number of hydrogen-bond acceptors (Lipinski definition) is 2. The van der Waals surface area contributed by atoms with E-state index in [9.17, 15) is 8.78 Å². The van der Waals surface area contributed by atoms with Gasteiger partial charge in [-0.25, -0.2) is 8.78 Å². The Labute approximate surface area is 169 Å². The van der Waals surface area contributed by atoms with Gasteiger partial charge in [-0.2, -0.15) is 0 Å². The van der Waals surface area contributed by atoms with Gasteiger partial charge in [0.05, 0.1) is 0 Å². The van der Waals surface area contributed by atoms with Crippen LogP contribution in [0.3, 0.4) is 0 Å². The number of aryl methyl sites for hydroxylation is 2. The summed E-state index contributed by atoms with van der Waals surface area (Å²) in [4.78, 5) is 2.76. The van der Waals surface area contributed by atoms with Crippen molar-refractivity contribution in [2.45, 2.75) is 24.7 Å². The lowest BCUT2D eigenvalue weighted by Gasteiger charge is -2.40. The second-order valence-corrected chi connectivity index (χ2v) is 9.66. The third kappa shape index (κ3) is 2.44. The van der Waals surface area contributed by atoms with Crippen LogP contribution in [0.1, 0.15) is 43.8 Å². The average molecular weight is 407 g/mol. The van der Waals surface area contributed by atoms with Crippen LogP contribution in [0.15, 0.2) is 53.9 Å². The fourth-order valence-electron chi connectivity index (χ4n) is 4.66. The molecule has 138 valence electrons. The van der Waals surface area contributed by atoms with Crippen molar-refractivity contribution in [2.75, 3.05) is 0 Å². The fraction of sp³-hybridized carbons (Fsp3) is 0.167. The van der Waals surface area contributed by atoms with Gasteiger partial charge in [0.2, 0.25) is 0 Å². The van der Waals surface area contributed by atoms with Gasteiger partial charge < -0.3 is 0 Å². The molecule has 0 amide bonds. The summed E-state index contributed by atoms with van der Waals surface area (Å²) in [5.74, 6) is -0.0135. The summed E-state index contributed by atoms with van der Waals surface area (Å²) in [5, 5.41) is 3.47. The molecule has 0 saturated heterocycles. The molecule has 2 heterocycles. The van der Waals surface area contributed by atoms with E-state index in [1.54, 1.807) is 0 Å². The van der Waals surface area contributed by atoms with Gasteiger partial charge in [0.25, 0.3) is 0 Å². The van der Waals surface area contributed by atoms with Crippen LogP contribution in [0.2, 0.25) is 0 Å². The maximum absolute atomic E-state index is 13.4. The van der Waals surface area contributed by atoms with Gasteiger partial charge in [0.1, 0.15) is 11.6 Å². The molecule has 0 N–H and O–H groups in total. The number of benzene rings is 2. The Hall–Kier alpha value is -2.30. The lowest BCUT2D eigenvalue weighted by atomic mass is 9.64. The number of allylic oxidation sites excluding steroid dienone is 1. The van der Waals surface area contributed by atoms with Crippen LogP contribution in [0.25, 0.3) is 16.2 Å². The average Bonchev–Trinajstić information content (AvgIpc) is 3.27. The Morgan fingerprint density at radius 2 is 1.79 bits per heavy atom. The normalized spacial score (nSPS) is 19.2. The van der Waals surface area contributed by atoms with Crippen LogP contribution in [-0.2, 0) is 12.8 Å². The summed E-state index contributed by atoms with van der Waals surface area (Å²) in [6, 6.07) is 12.8. The highest BCUT2D eigenvalue weighted by Gasteiger charge is 2.42. The monoisotopic (exact) mass is 406 g/mol. The molecule has 28 heavy (non-hydrogen) atoms. The highest BCUT2D eigenvalue weighted by molar-refractivity contribution is 7.19. The molecule has 4 aromatic rings. The number of thiophene rings is 2. The highest BCUT2D eigenvalue weighted by Crippen LogP contribution is 2.58. The predicted molar refractivity (Wildman–Crippen MR) is 114 cm³/mol. The third-order valence-corrected chi connectivity index (χ3v) is 8.17. The topological polar surface area (TPSA) is 0 Å². The highest BCUT2D eigenvalue weighted by atomic mass is 32.1. The van der Waals surface area contributed by atoms with E-state index in [4.69, 9.17) is 0 Å². The Kier molecular flexibility index (Phi) is 3.62. The predicted octanol–water partition coefficient (Wildman–Crippen LogP) is 7.28. The standard InChI is InChI=1S/C24H16F2S2/c25-16-9-13(10-17(26)12-16)1-4-18-11-15-3-6-20-21-19(22(20)24(15)28-18)5-2-14-7-8-27-23(14)21/h2-3,5-12,19,21H,1,4H2. The molecule has 2 aromatic heterocycles. The van der Waals surface area contributed by atoms with E-state index in [0.717, 1.165) is 12.5 Å². The van der Waals surface area contributed by atoms with Crippen LogP contribution in [0, 0.1) is 11.6 Å². The first-order chi connectivity index (χ1) is 13.7. The molecular weight excluding hydrogens is 390 g/mol. The molecule has 0 aliphatic heterocycles. The first-order valence-corrected chi connectivity index (χ1v) is 11.1. The minimum Gasteiger partial charge on any atom is -0.207 e. The second-order valence-electron chi connectivity index (χ2n) is 7.58. The summed E-state index contributed by atoms with van der Waals surface area (Å²) in [5.41, 5.74) is 5.02. The molecule has 0 radical (unpaired) electrons. The molecule has 0 nitrogen and oxygen atoms in total. The van der Waals surface area contributed by atoms with Crippen molar-refractivity contribution in [1.82, 2.24) is 0 Å². The molecule has 0 spiro atoms. The lowest BCUT2D eigenvalue weighted by Crippen LogP contribution is -2.25. The van der Waals surface area contributed by atoms with E-state index in [-0.39, 0.29) is 0 Å². The van der Waals surface area contributed by atoms with Crippen LogP contribution >= 0.6 is 22.7 Å². The van der Waals surface area contributed by atoms with Crippen molar-refractivity contribution in [3.8, 4) is 0 Å². The summed E-state index contributed by atoms with van der Waals surface area (Å²) >= 11 is 3.70. The molecule has 0 saturated carbocycles. The lowest BCUT2D eigenvalue weighted by molar-refractivity contribution is 0.579. The molecule has 6 rings (SSSR count). The number of rotatable bonds is 3. The largest absolute Gasteiger partial charge is 0.207 e. The molecule has 2 aliphatic rings. The van der Waals surface area contributed by atoms with Gasteiger partial charge in [-0.05, 0) is 70.1 Å². The Bertz CT molecular complexity index is 1240. The van der Waals surface area contributed by atoms with Gasteiger partial charge in [-0.15, -0.1) is 22.7 Å². The first-order valence-electron chi connectivity index (χ1n) is 9.43. The van der Waals surface area contributed by atoms with Gasteiger partial charge in [0, 0.05) is 32.4 Å². The number of hydrogen-bond donors (Lipinski definition) is 0. The molecule has 2 unspecified atom stereocenters. The molecular formula is C24H16F2S2. The summed E-state index contributed by atoms with van der Waals surface area (Å²) < 4.78 is 28.2. The quantitative estimate of drug-likeness (QED) is 0.335. The van der Waals surface area contributed by atoms with Crippen molar-refractivity contribution in [2.24, 2.45) is 0 Å². The van der Waals surface area contributed by atoms with Gasteiger partial charge in [-0.1, -0.05) is 24.3 Å². The molecule has 0 fully saturated rings. The molecule has 2 aromatic carbocycles. The van der Waals surface area contributed by atoms with Crippen LogP contribution in [0.4, 0.5) is 8.78 Å². The van der Waals surface area contributed by atoms with E-state index >= 15 is 0 Å². The maximum Gasteiger partial charge on any atom is 0.126 e. The number of fused-ring (bicyclic) bond motifs is 8. The van der Waals surface area contributed by atoms with E-state index in [1.165, 1.54) is 48.7 Å². The number of halogens is 2. The minimum absolute atomic E-state index is 0.480. The zero-order chi connectivity index (χ0) is 18.8. The van der Waals surface area contributed by atoms with Crippen molar-refractivity contribution >= 4 is 38.8 Å². The Morgan fingerprint density at radius 3 is 2.64 bits per heavy atom. The van der Waals surface area contributed by atoms with Crippen LogP contribution < -0.4 is 0 Å². The maximum atomic E-state index is 13.4. The van der Waals surface area contributed by atoms with Crippen molar-refractivity contribution < 1.29 is 8.78 Å². The van der Waals surface area contributed by atoms with Crippen molar-refractivity contribution in [1.29, 1.82) is 0 Å². The van der Waals surface area contributed by atoms with Crippen molar-refractivity contribution in [3.63, 3.8) is 0 Å². The Morgan fingerprint density at radius 1 is 0.929 bits per heavy atom. The second kappa shape index (κ2) is 6.10. The van der Waals surface area contributed by atoms with Crippen LogP contribution in [-0.4, -0.2) is 0 Å². The SMILES string of the molecule is Fc1cc(F)cc(CCc2cc3ccc4c(c3s2)C2C=Cc3ccsc3C42)c1. The van der Waals surface area contributed by atoms with Gasteiger partial charge >= 0.3 is 0 Å². The molecule has 2 aliphatic carbocycles. The zero-order valence-corrected chi connectivity index (χ0v) is 16.5. The summed E-state index contributed by atoms with van der Waals surface area (Å²) in [7, 11) is 0. The van der Waals surface area contributed by atoms with E-state index in [1.807, 2.05) is 22.7 Å². The van der Waals surface area contributed by atoms with E-state index in [2.05, 4.69) is 41.8 Å². The van der Waals surface area contributed by atoms with E-state index in [0.29, 0.717) is 23.8 Å². The third-order valence-electron chi connectivity index (χ3n) is 5.91. The molecule has 4 heteroatoms. The summed E-state index contributed by atoms with van der Waals surface area (Å²) in [6.07, 6.45) is 6.07. The smallest absolute Gasteiger partial charge is 0.126 e. The first kappa shape index (κ1) is 16.6. The molecule has 0 bridgehead atoms. The summed E-state index contributed by atoms with van der Waals surface area (Å²) in [6.45, 7) is 0. The van der Waals surface area contributed by atoms with Crippen molar-refractivity contribution in [3.05, 3.63) is 97.6 Å². The fourth-order valence-corrected chi connectivity index (χ4v) is 6.97. The van der Waals surface area contributed by atoms with Crippen LogP contribution in [0.5, 0.6) is 0 Å².